The van der Waals surface area contributed by atoms with E-state index < -0.39 is 0 Å². The molecule has 0 aliphatic carbocycles. The zero-order chi connectivity index (χ0) is 22.3. The molecule has 0 aromatic heterocycles. The Kier molecular flexibility index (Phi) is 9.11. The van der Waals surface area contributed by atoms with E-state index in [-0.39, 0.29) is 13.2 Å². The van der Waals surface area contributed by atoms with Crippen molar-refractivity contribution >= 4 is 0 Å². The van der Waals surface area contributed by atoms with E-state index >= 15 is 0 Å². The Morgan fingerprint density at radius 2 is 0.967 bits per heavy atom. The molecule has 6 heteroatoms. The van der Waals surface area contributed by atoms with Gasteiger partial charge in [-0.15, -0.1) is 0 Å². The summed E-state index contributed by atoms with van der Waals surface area (Å²) < 4.78 is 0. The van der Waals surface area contributed by atoms with Gasteiger partial charge >= 0.3 is 0 Å². The summed E-state index contributed by atoms with van der Waals surface area (Å²) in [6, 6.07) is 7.86. The second-order valence-corrected chi connectivity index (χ2v) is 8.18. The molecule has 2 rings (SSSR count). The molecule has 166 valence electrons. The lowest BCUT2D eigenvalue weighted by atomic mass is 10.0. The number of nitrogens with zero attached hydrogens (tertiary/aromatic N) is 2. The van der Waals surface area contributed by atoms with Crippen LogP contribution < -0.4 is 0 Å². The lowest BCUT2D eigenvalue weighted by Gasteiger charge is -2.28. The van der Waals surface area contributed by atoms with Crippen LogP contribution in [0.5, 0.6) is 11.5 Å². The second kappa shape index (κ2) is 11.3. The zero-order valence-corrected chi connectivity index (χ0v) is 18.6. The van der Waals surface area contributed by atoms with Crippen LogP contribution in [-0.4, -0.2) is 69.6 Å². The summed E-state index contributed by atoms with van der Waals surface area (Å²) in [5, 5.41) is 39.8. The normalized spacial score (nSPS) is 11.6. The van der Waals surface area contributed by atoms with Crippen molar-refractivity contribution in [2.75, 3.05) is 39.4 Å². The Balaban J connectivity index is 2.10. The predicted molar refractivity (Wildman–Crippen MR) is 120 cm³/mol. The lowest BCUT2D eigenvalue weighted by Crippen LogP contribution is -2.37. The standard InChI is InChI=1S/C24H36N2O4/c1-17-11-19(3)23(29)21(13-17)15-25(7-9-27)5-6-26(8-10-28)16-22-14-18(2)12-20(4)24(22)30/h11-14,27-30H,5-10,15-16H2,1-4H3. The smallest absolute Gasteiger partial charge is 0.122 e. The lowest BCUT2D eigenvalue weighted by molar-refractivity contribution is 0.142. The number of phenols is 2. The molecule has 0 unspecified atom stereocenters. The molecule has 0 saturated carbocycles. The van der Waals surface area contributed by atoms with E-state index in [2.05, 4.69) is 9.80 Å². The van der Waals surface area contributed by atoms with Crippen molar-refractivity contribution in [3.8, 4) is 11.5 Å². The fourth-order valence-electron chi connectivity index (χ4n) is 3.92. The Morgan fingerprint density at radius 1 is 0.600 bits per heavy atom. The topological polar surface area (TPSA) is 87.4 Å². The van der Waals surface area contributed by atoms with Gasteiger partial charge in [-0.25, -0.2) is 0 Å². The number of phenolic OH excluding ortho intramolecular Hbond substituents is 2. The summed E-state index contributed by atoms with van der Waals surface area (Å²) in [7, 11) is 0. The molecular formula is C24H36N2O4. The van der Waals surface area contributed by atoms with E-state index in [1.54, 1.807) is 0 Å². The van der Waals surface area contributed by atoms with Gasteiger partial charge in [0.1, 0.15) is 11.5 Å². The Bertz CT molecular complexity index is 769. The molecule has 4 N–H and O–H groups in total. The first kappa shape index (κ1) is 24.2. The minimum atomic E-state index is 0.0312. The van der Waals surface area contributed by atoms with Crippen LogP contribution in [0.25, 0.3) is 0 Å². The van der Waals surface area contributed by atoms with E-state index in [9.17, 15) is 20.4 Å². The molecule has 0 radical (unpaired) electrons. The largest absolute Gasteiger partial charge is 0.507 e. The minimum absolute atomic E-state index is 0.0312. The maximum absolute atomic E-state index is 10.4. The molecule has 0 atom stereocenters. The first-order chi connectivity index (χ1) is 14.2. The van der Waals surface area contributed by atoms with Crippen molar-refractivity contribution in [3.63, 3.8) is 0 Å². The maximum atomic E-state index is 10.4. The van der Waals surface area contributed by atoms with Crippen molar-refractivity contribution in [2.45, 2.75) is 40.8 Å². The van der Waals surface area contributed by atoms with Crippen molar-refractivity contribution in [2.24, 2.45) is 0 Å². The molecule has 0 bridgehead atoms. The number of aliphatic hydroxyl groups excluding tert-OH is 2. The molecule has 2 aromatic rings. The molecule has 2 aromatic carbocycles. The Labute approximate surface area is 180 Å². The van der Waals surface area contributed by atoms with Crippen molar-refractivity contribution in [1.29, 1.82) is 0 Å². The van der Waals surface area contributed by atoms with Gasteiger partial charge in [-0.05, 0) is 38.8 Å². The van der Waals surface area contributed by atoms with E-state index in [1.165, 1.54) is 0 Å². The van der Waals surface area contributed by atoms with Gasteiger partial charge in [0.2, 0.25) is 0 Å². The first-order valence-electron chi connectivity index (χ1n) is 10.5. The van der Waals surface area contributed by atoms with Gasteiger partial charge < -0.3 is 20.4 Å². The third kappa shape index (κ3) is 6.71. The van der Waals surface area contributed by atoms with Crippen LogP contribution in [0.3, 0.4) is 0 Å². The molecular weight excluding hydrogens is 380 g/mol. The monoisotopic (exact) mass is 416 g/mol. The van der Waals surface area contributed by atoms with Gasteiger partial charge in [-0.1, -0.05) is 35.4 Å². The molecule has 0 fully saturated rings. The van der Waals surface area contributed by atoms with E-state index in [1.807, 2.05) is 52.0 Å². The molecule has 0 aliphatic heterocycles. The van der Waals surface area contributed by atoms with E-state index in [0.29, 0.717) is 50.8 Å². The minimum Gasteiger partial charge on any atom is -0.507 e. The predicted octanol–water partition coefficient (Wildman–Crippen LogP) is 2.62. The van der Waals surface area contributed by atoms with Crippen LogP contribution in [0.1, 0.15) is 33.4 Å². The Hall–Kier alpha value is -2.12. The highest BCUT2D eigenvalue weighted by Gasteiger charge is 2.15. The highest BCUT2D eigenvalue weighted by atomic mass is 16.3. The van der Waals surface area contributed by atoms with Crippen molar-refractivity contribution in [1.82, 2.24) is 9.80 Å². The number of aliphatic hydroxyl groups is 2. The highest BCUT2D eigenvalue weighted by Crippen LogP contribution is 2.26. The van der Waals surface area contributed by atoms with Gasteiger partial charge in [-0.2, -0.15) is 0 Å². The fourth-order valence-corrected chi connectivity index (χ4v) is 3.92. The fraction of sp³-hybridized carbons (Fsp3) is 0.500. The summed E-state index contributed by atoms with van der Waals surface area (Å²) >= 11 is 0. The number of hydrogen-bond acceptors (Lipinski definition) is 6. The van der Waals surface area contributed by atoms with Crippen molar-refractivity contribution in [3.05, 3.63) is 57.6 Å². The number of aryl methyl sites for hydroxylation is 4. The summed E-state index contributed by atoms with van der Waals surface area (Å²) in [5.74, 6) is 0.604. The quantitative estimate of drug-likeness (QED) is 0.450. The van der Waals surface area contributed by atoms with Crippen LogP contribution in [-0.2, 0) is 13.1 Å². The third-order valence-corrected chi connectivity index (χ3v) is 5.40. The SMILES string of the molecule is Cc1cc(C)c(O)c(CN(CCO)CCN(CCO)Cc2cc(C)cc(C)c2O)c1. The highest BCUT2D eigenvalue weighted by molar-refractivity contribution is 5.43. The molecule has 0 spiro atoms. The van der Waals surface area contributed by atoms with Crippen LogP contribution in [0, 0.1) is 27.7 Å². The summed E-state index contributed by atoms with van der Waals surface area (Å²) in [4.78, 5) is 4.19. The molecule has 0 amide bonds. The zero-order valence-electron chi connectivity index (χ0n) is 18.6. The van der Waals surface area contributed by atoms with E-state index in [4.69, 9.17) is 0 Å². The van der Waals surface area contributed by atoms with Gasteiger partial charge in [0.05, 0.1) is 13.2 Å². The molecule has 0 aliphatic rings. The molecule has 0 heterocycles. The molecule has 0 saturated heterocycles. The first-order valence-corrected chi connectivity index (χ1v) is 10.5. The summed E-state index contributed by atoms with van der Waals surface area (Å²) in [5.41, 5.74) is 5.58. The van der Waals surface area contributed by atoms with Crippen LogP contribution in [0.4, 0.5) is 0 Å². The second-order valence-electron chi connectivity index (χ2n) is 8.18. The van der Waals surface area contributed by atoms with Gasteiger partial charge in [-0.3, -0.25) is 9.80 Å². The average molecular weight is 417 g/mol. The average Bonchev–Trinajstić information content (AvgIpc) is 2.67. The maximum Gasteiger partial charge on any atom is 0.122 e. The van der Waals surface area contributed by atoms with Crippen LogP contribution in [0.15, 0.2) is 24.3 Å². The Morgan fingerprint density at radius 3 is 1.30 bits per heavy atom. The number of hydrogen-bond donors (Lipinski definition) is 4. The summed E-state index contributed by atoms with van der Waals surface area (Å²) in [6.45, 7) is 11.2. The number of benzene rings is 2. The van der Waals surface area contributed by atoms with Gasteiger partial charge in [0, 0.05) is 50.4 Å². The van der Waals surface area contributed by atoms with Gasteiger partial charge in [0.15, 0.2) is 0 Å². The van der Waals surface area contributed by atoms with E-state index in [0.717, 1.165) is 33.4 Å². The summed E-state index contributed by atoms with van der Waals surface area (Å²) in [6.07, 6.45) is 0. The molecule has 30 heavy (non-hydrogen) atoms. The van der Waals surface area contributed by atoms with Gasteiger partial charge in [0.25, 0.3) is 0 Å². The van der Waals surface area contributed by atoms with Crippen LogP contribution in [0.2, 0.25) is 0 Å². The molecule has 6 nitrogen and oxygen atoms in total. The third-order valence-electron chi connectivity index (χ3n) is 5.40. The van der Waals surface area contributed by atoms with Crippen molar-refractivity contribution < 1.29 is 20.4 Å². The number of aromatic hydroxyl groups is 2. The van der Waals surface area contributed by atoms with Crippen LogP contribution >= 0.6 is 0 Å². The number of rotatable bonds is 11.